The van der Waals surface area contributed by atoms with Crippen LogP contribution in [0.15, 0.2) is 0 Å². The van der Waals surface area contributed by atoms with Gasteiger partial charge in [-0.2, -0.15) is 0 Å². The average Bonchev–Trinajstić information content (AvgIpc) is 2.78. The van der Waals surface area contributed by atoms with E-state index in [-0.39, 0.29) is 6.16 Å². The van der Waals surface area contributed by atoms with Crippen LogP contribution in [0, 0.1) is 0 Å². The van der Waals surface area contributed by atoms with E-state index < -0.39 is 7.60 Å². The second-order valence-electron chi connectivity index (χ2n) is 10.3. The van der Waals surface area contributed by atoms with Crippen molar-refractivity contribution in [2.45, 2.75) is 167 Å². The summed E-state index contributed by atoms with van der Waals surface area (Å²) in [7, 11) is -3.77. The van der Waals surface area contributed by atoms with Crippen molar-refractivity contribution in [3.63, 3.8) is 0 Å². The third kappa shape index (κ3) is 32.1. The van der Waals surface area contributed by atoms with Crippen molar-refractivity contribution >= 4 is 7.60 Å². The van der Waals surface area contributed by atoms with Crippen LogP contribution in [-0.4, -0.2) is 27.7 Å². The largest absolute Gasteiger partial charge is 0.396 e. The molecule has 0 fully saturated rings. The number of unbranched alkanes of at least 4 members (excludes halogenated alkanes) is 25. The molecule has 0 saturated heterocycles. The van der Waals surface area contributed by atoms with E-state index in [1.54, 1.807) is 0 Å². The van der Waals surface area contributed by atoms with E-state index in [0.717, 1.165) is 19.3 Å². The van der Waals surface area contributed by atoms with E-state index >= 15 is 0 Å². The number of aliphatic hydroxyl groups is 1. The molecular weight excluding hydrogens is 431 g/mol. The first-order valence-electron chi connectivity index (χ1n) is 14.7. The van der Waals surface area contributed by atoms with Crippen LogP contribution in [0.3, 0.4) is 0 Å². The minimum Gasteiger partial charge on any atom is -0.396 e. The van der Waals surface area contributed by atoms with Crippen LogP contribution in [-0.2, 0) is 4.57 Å². The van der Waals surface area contributed by atoms with Gasteiger partial charge in [-0.25, -0.2) is 0 Å². The van der Waals surface area contributed by atoms with Gasteiger partial charge in [0, 0.05) is 12.8 Å². The molecule has 0 saturated carbocycles. The zero-order valence-corrected chi connectivity index (χ0v) is 22.9. The standard InChI is InChI=1S/C28H59O4P/c29-27-25-23-21-19-17-15-13-11-9-7-5-3-1-2-4-6-8-10-12-14-16-18-20-22-24-26-28-33(30,31)32/h29H,1-28H2,(H2,30,31,32). The van der Waals surface area contributed by atoms with Gasteiger partial charge >= 0.3 is 7.60 Å². The van der Waals surface area contributed by atoms with Gasteiger partial charge in [0.2, 0.25) is 0 Å². The molecule has 0 aromatic rings. The molecule has 3 N–H and O–H groups in total. The highest BCUT2D eigenvalue weighted by molar-refractivity contribution is 7.51. The summed E-state index contributed by atoms with van der Waals surface area (Å²) in [6.45, 7) is 0.360. The average molecular weight is 491 g/mol. The van der Waals surface area contributed by atoms with Gasteiger partial charge in [0.05, 0.1) is 0 Å². The highest BCUT2D eigenvalue weighted by atomic mass is 31.2. The zero-order chi connectivity index (χ0) is 24.3. The van der Waals surface area contributed by atoms with Crippen LogP contribution in [0.5, 0.6) is 0 Å². The molecule has 0 atom stereocenters. The Kier molecular flexibility index (Phi) is 26.8. The maximum Gasteiger partial charge on any atom is 0.325 e. The Bertz CT molecular complexity index is 411. The molecule has 0 aliphatic carbocycles. The summed E-state index contributed by atoms with van der Waals surface area (Å²) in [4.78, 5) is 17.6. The molecule has 200 valence electrons. The molecule has 4 nitrogen and oxygen atoms in total. The van der Waals surface area contributed by atoms with E-state index in [1.165, 1.54) is 141 Å². The summed E-state index contributed by atoms with van der Waals surface area (Å²) in [5, 5.41) is 8.75. The minimum absolute atomic E-state index is 0.0571. The Morgan fingerprint density at radius 1 is 0.333 bits per heavy atom. The molecule has 0 radical (unpaired) electrons. The molecule has 33 heavy (non-hydrogen) atoms. The molecule has 0 bridgehead atoms. The maximum atomic E-state index is 10.8. The van der Waals surface area contributed by atoms with Crippen molar-refractivity contribution in [2.24, 2.45) is 0 Å². The molecule has 0 aromatic carbocycles. The van der Waals surface area contributed by atoms with Gasteiger partial charge in [-0.1, -0.05) is 154 Å². The lowest BCUT2D eigenvalue weighted by Gasteiger charge is -2.05. The van der Waals surface area contributed by atoms with Gasteiger partial charge in [-0.05, 0) is 12.8 Å². The highest BCUT2D eigenvalue weighted by Crippen LogP contribution is 2.35. The van der Waals surface area contributed by atoms with Gasteiger partial charge in [0.15, 0.2) is 0 Å². The molecular formula is C28H59O4P. The van der Waals surface area contributed by atoms with Gasteiger partial charge < -0.3 is 14.9 Å². The number of hydrogen-bond acceptors (Lipinski definition) is 2. The SMILES string of the molecule is O=P(O)(O)CCCCCCCCCCCCCCCCCCCCCCCCCCCCO. The summed E-state index contributed by atoms with van der Waals surface area (Å²) in [6, 6.07) is 0. The van der Waals surface area contributed by atoms with E-state index in [2.05, 4.69) is 0 Å². The van der Waals surface area contributed by atoms with Crippen molar-refractivity contribution in [1.29, 1.82) is 0 Å². The Hall–Kier alpha value is 0.110. The summed E-state index contributed by atoms with van der Waals surface area (Å²) in [5.41, 5.74) is 0. The molecule has 0 heterocycles. The van der Waals surface area contributed by atoms with E-state index in [4.69, 9.17) is 14.9 Å². The second-order valence-corrected chi connectivity index (χ2v) is 12.1. The van der Waals surface area contributed by atoms with E-state index in [9.17, 15) is 4.57 Å². The van der Waals surface area contributed by atoms with E-state index in [0.29, 0.717) is 13.0 Å². The fourth-order valence-electron chi connectivity index (χ4n) is 4.67. The van der Waals surface area contributed by atoms with Crippen LogP contribution < -0.4 is 0 Å². The minimum atomic E-state index is -3.77. The zero-order valence-electron chi connectivity index (χ0n) is 22.0. The van der Waals surface area contributed by atoms with Crippen molar-refractivity contribution < 1.29 is 19.5 Å². The first-order valence-corrected chi connectivity index (χ1v) is 16.5. The first-order chi connectivity index (χ1) is 16.1. The second kappa shape index (κ2) is 26.7. The van der Waals surface area contributed by atoms with Crippen molar-refractivity contribution in [3.8, 4) is 0 Å². The van der Waals surface area contributed by atoms with Crippen molar-refractivity contribution in [2.75, 3.05) is 12.8 Å². The molecule has 0 aliphatic heterocycles. The first kappa shape index (κ1) is 33.1. The fourth-order valence-corrected chi connectivity index (χ4v) is 5.31. The lowest BCUT2D eigenvalue weighted by molar-refractivity contribution is 0.282. The van der Waals surface area contributed by atoms with Gasteiger partial charge in [0.1, 0.15) is 0 Å². The van der Waals surface area contributed by atoms with Gasteiger partial charge in [0.25, 0.3) is 0 Å². The summed E-state index contributed by atoms with van der Waals surface area (Å²) in [6.07, 6.45) is 34.1. The molecule has 0 rings (SSSR count). The van der Waals surface area contributed by atoms with Crippen LogP contribution in [0.4, 0.5) is 0 Å². The molecule has 0 amide bonds. The Morgan fingerprint density at radius 3 is 0.697 bits per heavy atom. The topological polar surface area (TPSA) is 77.8 Å². The number of hydrogen-bond donors (Lipinski definition) is 3. The predicted octanol–water partition coefficient (Wildman–Crippen LogP) is 9.30. The highest BCUT2D eigenvalue weighted by Gasteiger charge is 2.10. The normalized spacial score (nSPS) is 12.0. The smallest absolute Gasteiger partial charge is 0.325 e. The van der Waals surface area contributed by atoms with E-state index in [1.807, 2.05) is 0 Å². The Labute approximate surface area is 206 Å². The van der Waals surface area contributed by atoms with Crippen molar-refractivity contribution in [3.05, 3.63) is 0 Å². The Morgan fingerprint density at radius 2 is 0.515 bits per heavy atom. The van der Waals surface area contributed by atoms with Crippen LogP contribution in [0.2, 0.25) is 0 Å². The summed E-state index contributed by atoms with van der Waals surface area (Å²) in [5.74, 6) is 0. The summed E-state index contributed by atoms with van der Waals surface area (Å²) >= 11 is 0. The summed E-state index contributed by atoms with van der Waals surface area (Å²) < 4.78 is 10.8. The van der Waals surface area contributed by atoms with Gasteiger partial charge in [-0.3, -0.25) is 4.57 Å². The molecule has 0 aliphatic rings. The lowest BCUT2D eigenvalue weighted by atomic mass is 10.0. The van der Waals surface area contributed by atoms with Gasteiger partial charge in [-0.15, -0.1) is 0 Å². The number of aliphatic hydroxyl groups excluding tert-OH is 1. The quantitative estimate of drug-likeness (QED) is 0.0754. The number of rotatable bonds is 28. The lowest BCUT2D eigenvalue weighted by Crippen LogP contribution is -1.88. The predicted molar refractivity (Wildman–Crippen MR) is 144 cm³/mol. The third-order valence-electron chi connectivity index (χ3n) is 6.86. The van der Waals surface area contributed by atoms with Crippen molar-refractivity contribution in [1.82, 2.24) is 0 Å². The fraction of sp³-hybridized carbons (Fsp3) is 1.00. The van der Waals surface area contributed by atoms with Crippen LogP contribution >= 0.6 is 7.60 Å². The molecule has 0 aromatic heterocycles. The maximum absolute atomic E-state index is 10.8. The van der Waals surface area contributed by atoms with Crippen LogP contribution in [0.1, 0.15) is 167 Å². The molecule has 0 unspecified atom stereocenters. The molecule has 5 heteroatoms. The third-order valence-corrected chi connectivity index (χ3v) is 7.76. The van der Waals surface area contributed by atoms with Crippen LogP contribution in [0.25, 0.3) is 0 Å². The Balaban J connectivity index is 3.03. The molecule has 0 spiro atoms. The monoisotopic (exact) mass is 490 g/mol.